The molecule has 0 saturated carbocycles. The van der Waals surface area contributed by atoms with Gasteiger partial charge in [-0.25, -0.2) is 4.79 Å². The molecule has 0 aromatic rings. The number of ether oxygens (including phenoxy) is 1. The van der Waals surface area contributed by atoms with E-state index in [1.54, 1.807) is 16.8 Å². The third-order valence-corrected chi connectivity index (χ3v) is 3.55. The molecule has 6 nitrogen and oxygen atoms in total. The molecule has 122 valence electrons. The summed E-state index contributed by atoms with van der Waals surface area (Å²) in [6, 6.07) is -0.0970. The van der Waals surface area contributed by atoms with Crippen LogP contribution in [0.4, 0.5) is 4.79 Å². The van der Waals surface area contributed by atoms with Crippen LogP contribution in [-0.2, 0) is 9.53 Å². The number of likely N-dealkylation sites (N-methyl/N-ethyl adjacent to an activating group) is 1. The normalized spacial score (nSPS) is 20.3. The molecular weight excluding hydrogens is 270 g/mol. The van der Waals surface area contributed by atoms with E-state index in [-0.39, 0.29) is 24.1 Å². The second-order valence-electron chi connectivity index (χ2n) is 6.65. The van der Waals surface area contributed by atoms with E-state index in [4.69, 9.17) is 4.74 Å². The van der Waals surface area contributed by atoms with Gasteiger partial charge in [-0.2, -0.15) is 0 Å². The molecule has 1 N–H and O–H groups in total. The Kier molecular flexibility index (Phi) is 6.01. The number of carbonyl (C=O) groups excluding carboxylic acids is 2. The number of hydrogen-bond donors (Lipinski definition) is 1. The van der Waals surface area contributed by atoms with Gasteiger partial charge in [0.2, 0.25) is 5.91 Å². The molecule has 2 amide bonds. The molecule has 0 aliphatic carbocycles. The predicted octanol–water partition coefficient (Wildman–Crippen LogP) is 1.45. The van der Waals surface area contributed by atoms with Crippen LogP contribution >= 0.6 is 0 Å². The monoisotopic (exact) mass is 299 g/mol. The zero-order valence-electron chi connectivity index (χ0n) is 14.1. The maximum Gasteiger partial charge on any atom is 0.410 e. The highest BCUT2D eigenvalue weighted by atomic mass is 16.6. The SMILES string of the molecule is CCN(C)C(=O)C(C)NC1CCN(C(=O)OC(C)(C)C)C1. The van der Waals surface area contributed by atoms with E-state index >= 15 is 0 Å². The standard InChI is InChI=1S/C15H29N3O3/c1-7-17(6)13(19)11(2)16-12-8-9-18(10-12)14(20)21-15(3,4)5/h11-12,16H,7-10H2,1-6H3. The lowest BCUT2D eigenvalue weighted by molar-refractivity contribution is -0.131. The summed E-state index contributed by atoms with van der Waals surface area (Å²) in [4.78, 5) is 27.4. The highest BCUT2D eigenvalue weighted by molar-refractivity contribution is 5.81. The molecule has 0 aromatic carbocycles. The highest BCUT2D eigenvalue weighted by Gasteiger charge is 2.31. The van der Waals surface area contributed by atoms with Crippen LogP contribution < -0.4 is 5.32 Å². The van der Waals surface area contributed by atoms with Gasteiger partial charge in [0.05, 0.1) is 6.04 Å². The lowest BCUT2D eigenvalue weighted by atomic mass is 10.2. The minimum Gasteiger partial charge on any atom is -0.444 e. The smallest absolute Gasteiger partial charge is 0.410 e. The Labute approximate surface area is 127 Å². The van der Waals surface area contributed by atoms with Crippen LogP contribution in [0.15, 0.2) is 0 Å². The Morgan fingerprint density at radius 2 is 2.05 bits per heavy atom. The Bertz CT molecular complexity index is 379. The first-order valence-corrected chi connectivity index (χ1v) is 7.63. The minimum absolute atomic E-state index is 0.0771. The lowest BCUT2D eigenvalue weighted by Gasteiger charge is -2.25. The highest BCUT2D eigenvalue weighted by Crippen LogP contribution is 2.15. The van der Waals surface area contributed by atoms with Crippen molar-refractivity contribution in [1.82, 2.24) is 15.1 Å². The van der Waals surface area contributed by atoms with E-state index in [1.807, 2.05) is 34.6 Å². The molecule has 6 heteroatoms. The third-order valence-electron chi connectivity index (χ3n) is 3.55. The van der Waals surface area contributed by atoms with E-state index in [1.165, 1.54) is 0 Å². The Hall–Kier alpha value is -1.30. The number of nitrogens with one attached hydrogen (secondary N) is 1. The molecule has 21 heavy (non-hydrogen) atoms. The summed E-state index contributed by atoms with van der Waals surface area (Å²) in [5, 5.41) is 3.30. The van der Waals surface area contributed by atoms with Crippen LogP contribution in [0.1, 0.15) is 41.0 Å². The van der Waals surface area contributed by atoms with Gasteiger partial charge in [0.1, 0.15) is 5.60 Å². The van der Waals surface area contributed by atoms with E-state index in [0.29, 0.717) is 19.6 Å². The van der Waals surface area contributed by atoms with Gasteiger partial charge in [-0.1, -0.05) is 0 Å². The van der Waals surface area contributed by atoms with Gasteiger partial charge in [0.15, 0.2) is 0 Å². The van der Waals surface area contributed by atoms with Gasteiger partial charge in [0, 0.05) is 32.7 Å². The van der Waals surface area contributed by atoms with Crippen molar-refractivity contribution < 1.29 is 14.3 Å². The summed E-state index contributed by atoms with van der Waals surface area (Å²) in [6.45, 7) is 11.3. The zero-order chi connectivity index (χ0) is 16.2. The molecule has 1 fully saturated rings. The molecule has 1 rings (SSSR count). The Balaban J connectivity index is 2.44. The Morgan fingerprint density at radius 1 is 1.43 bits per heavy atom. The molecule has 0 radical (unpaired) electrons. The number of hydrogen-bond acceptors (Lipinski definition) is 4. The zero-order valence-corrected chi connectivity index (χ0v) is 14.1. The van der Waals surface area contributed by atoms with E-state index in [0.717, 1.165) is 6.42 Å². The first-order valence-electron chi connectivity index (χ1n) is 7.63. The van der Waals surface area contributed by atoms with Crippen LogP contribution in [0, 0.1) is 0 Å². The van der Waals surface area contributed by atoms with Crippen LogP contribution in [0.3, 0.4) is 0 Å². The predicted molar refractivity (Wildman–Crippen MR) is 82.1 cm³/mol. The van der Waals surface area contributed by atoms with Crippen molar-refractivity contribution >= 4 is 12.0 Å². The van der Waals surface area contributed by atoms with Crippen molar-refractivity contribution in [2.75, 3.05) is 26.7 Å². The fourth-order valence-electron chi connectivity index (χ4n) is 2.30. The van der Waals surface area contributed by atoms with Gasteiger partial charge in [-0.05, 0) is 41.0 Å². The largest absolute Gasteiger partial charge is 0.444 e. The van der Waals surface area contributed by atoms with Crippen molar-refractivity contribution in [3.8, 4) is 0 Å². The van der Waals surface area contributed by atoms with E-state index in [2.05, 4.69) is 5.32 Å². The number of likely N-dealkylation sites (tertiary alicyclic amines) is 1. The fraction of sp³-hybridized carbons (Fsp3) is 0.867. The molecule has 1 aliphatic heterocycles. The number of amides is 2. The molecule has 1 aliphatic rings. The van der Waals surface area contributed by atoms with Crippen LogP contribution in [0.5, 0.6) is 0 Å². The molecule has 1 saturated heterocycles. The lowest BCUT2D eigenvalue weighted by Crippen LogP contribution is -2.48. The second kappa shape index (κ2) is 7.11. The van der Waals surface area contributed by atoms with Crippen molar-refractivity contribution in [2.24, 2.45) is 0 Å². The van der Waals surface area contributed by atoms with Gasteiger partial charge in [-0.3, -0.25) is 4.79 Å². The maximum atomic E-state index is 12.0. The molecule has 2 atom stereocenters. The molecule has 0 bridgehead atoms. The Morgan fingerprint density at radius 3 is 2.57 bits per heavy atom. The molecule has 0 aromatic heterocycles. The summed E-state index contributed by atoms with van der Waals surface area (Å²) in [6.07, 6.45) is 0.559. The van der Waals surface area contributed by atoms with E-state index in [9.17, 15) is 9.59 Å². The third kappa shape index (κ3) is 5.53. The summed E-state index contributed by atoms with van der Waals surface area (Å²) >= 11 is 0. The van der Waals surface area contributed by atoms with Crippen LogP contribution in [0.2, 0.25) is 0 Å². The van der Waals surface area contributed by atoms with Crippen LogP contribution in [0.25, 0.3) is 0 Å². The van der Waals surface area contributed by atoms with E-state index < -0.39 is 5.60 Å². The van der Waals surface area contributed by atoms with Crippen molar-refractivity contribution in [3.63, 3.8) is 0 Å². The number of nitrogens with zero attached hydrogens (tertiary/aromatic N) is 2. The topological polar surface area (TPSA) is 61.9 Å². The van der Waals surface area contributed by atoms with Gasteiger partial charge in [0.25, 0.3) is 0 Å². The summed E-state index contributed by atoms with van der Waals surface area (Å²) in [5.41, 5.74) is -0.476. The molecule has 0 spiro atoms. The van der Waals surface area contributed by atoms with Crippen molar-refractivity contribution in [2.45, 2.75) is 58.7 Å². The molecule has 2 unspecified atom stereocenters. The fourth-order valence-corrected chi connectivity index (χ4v) is 2.30. The first kappa shape index (κ1) is 17.8. The summed E-state index contributed by atoms with van der Waals surface area (Å²) < 4.78 is 5.36. The van der Waals surface area contributed by atoms with Gasteiger partial charge >= 0.3 is 6.09 Å². The second-order valence-corrected chi connectivity index (χ2v) is 6.65. The van der Waals surface area contributed by atoms with Crippen molar-refractivity contribution in [3.05, 3.63) is 0 Å². The number of rotatable bonds is 4. The minimum atomic E-state index is -0.476. The quantitative estimate of drug-likeness (QED) is 0.853. The number of carbonyl (C=O) groups is 2. The maximum absolute atomic E-state index is 12.0. The van der Waals surface area contributed by atoms with Gasteiger partial charge < -0.3 is 19.9 Å². The van der Waals surface area contributed by atoms with Crippen LogP contribution in [-0.4, -0.2) is 66.2 Å². The molecular formula is C15H29N3O3. The summed E-state index contributed by atoms with van der Waals surface area (Å²) in [5.74, 6) is 0.0771. The molecule has 1 heterocycles. The van der Waals surface area contributed by atoms with Crippen molar-refractivity contribution in [1.29, 1.82) is 0 Å². The van der Waals surface area contributed by atoms with Gasteiger partial charge in [-0.15, -0.1) is 0 Å². The summed E-state index contributed by atoms with van der Waals surface area (Å²) in [7, 11) is 1.79. The average molecular weight is 299 g/mol. The first-order chi connectivity index (χ1) is 9.64. The average Bonchev–Trinajstić information content (AvgIpc) is 2.83.